The van der Waals surface area contributed by atoms with Crippen molar-refractivity contribution in [1.29, 1.82) is 0 Å². The number of alkyl halides is 3. The first-order chi connectivity index (χ1) is 15.2. The SMILES string of the molecule is O=C(CSc1nnc2c(Cl)cc(C(F)(F)F)cn12)N1CCN(Cc2ccccc2F)CC1. The van der Waals surface area contributed by atoms with Crippen LogP contribution in [0.5, 0.6) is 0 Å². The van der Waals surface area contributed by atoms with Crippen molar-refractivity contribution in [1.82, 2.24) is 24.4 Å². The van der Waals surface area contributed by atoms with Crippen molar-refractivity contribution < 1.29 is 22.4 Å². The van der Waals surface area contributed by atoms with E-state index >= 15 is 0 Å². The number of rotatable bonds is 5. The van der Waals surface area contributed by atoms with Crippen LogP contribution in [0.3, 0.4) is 0 Å². The first-order valence-electron chi connectivity index (χ1n) is 9.70. The average molecular weight is 488 g/mol. The zero-order valence-electron chi connectivity index (χ0n) is 16.6. The number of hydrogen-bond acceptors (Lipinski definition) is 5. The lowest BCUT2D eigenvalue weighted by Crippen LogP contribution is -2.48. The number of carbonyl (C=O) groups is 1. The summed E-state index contributed by atoms with van der Waals surface area (Å²) in [5.74, 6) is -0.408. The van der Waals surface area contributed by atoms with Crippen molar-refractivity contribution in [2.24, 2.45) is 0 Å². The first kappa shape index (κ1) is 22.8. The number of pyridine rings is 1. The fourth-order valence-electron chi connectivity index (χ4n) is 3.43. The van der Waals surface area contributed by atoms with E-state index in [9.17, 15) is 22.4 Å². The van der Waals surface area contributed by atoms with Gasteiger partial charge >= 0.3 is 6.18 Å². The van der Waals surface area contributed by atoms with Gasteiger partial charge in [0.05, 0.1) is 16.3 Å². The minimum atomic E-state index is -4.57. The van der Waals surface area contributed by atoms with Crippen molar-refractivity contribution in [3.63, 3.8) is 0 Å². The monoisotopic (exact) mass is 487 g/mol. The summed E-state index contributed by atoms with van der Waals surface area (Å²) in [5, 5.41) is 7.67. The molecule has 4 rings (SSSR count). The summed E-state index contributed by atoms with van der Waals surface area (Å²) in [6.45, 7) is 2.64. The summed E-state index contributed by atoms with van der Waals surface area (Å²) in [7, 11) is 0. The molecule has 1 aliphatic rings. The number of hydrogen-bond donors (Lipinski definition) is 0. The highest BCUT2D eigenvalue weighted by Gasteiger charge is 2.32. The molecule has 0 unspecified atom stereocenters. The summed E-state index contributed by atoms with van der Waals surface area (Å²) in [6.07, 6.45) is -3.70. The highest BCUT2D eigenvalue weighted by Crippen LogP contribution is 2.33. The van der Waals surface area contributed by atoms with Gasteiger partial charge in [0.25, 0.3) is 0 Å². The number of nitrogens with zero attached hydrogens (tertiary/aromatic N) is 5. The average Bonchev–Trinajstić information content (AvgIpc) is 3.17. The molecule has 1 amide bonds. The van der Waals surface area contributed by atoms with Gasteiger partial charge in [-0.2, -0.15) is 13.2 Å². The van der Waals surface area contributed by atoms with E-state index in [1.54, 1.807) is 23.1 Å². The molecule has 12 heteroatoms. The molecule has 170 valence electrons. The lowest BCUT2D eigenvalue weighted by molar-refractivity contribution is -0.138. The Balaban J connectivity index is 1.35. The molecule has 0 atom stereocenters. The molecule has 0 aliphatic carbocycles. The molecule has 0 N–H and O–H groups in total. The Morgan fingerprint density at radius 3 is 2.53 bits per heavy atom. The van der Waals surface area contributed by atoms with Gasteiger partial charge in [0.15, 0.2) is 10.8 Å². The summed E-state index contributed by atoms with van der Waals surface area (Å²) in [5.41, 5.74) is -0.219. The van der Waals surface area contributed by atoms with Gasteiger partial charge in [-0.25, -0.2) is 4.39 Å². The Bertz CT molecular complexity index is 1130. The molecule has 6 nitrogen and oxygen atoms in total. The molecule has 2 aromatic heterocycles. The number of piperazine rings is 1. The molecule has 1 fully saturated rings. The van der Waals surface area contributed by atoms with Gasteiger partial charge in [-0.1, -0.05) is 41.6 Å². The molecule has 32 heavy (non-hydrogen) atoms. The van der Waals surface area contributed by atoms with Gasteiger partial charge in [0.2, 0.25) is 5.91 Å². The Hall–Kier alpha value is -2.37. The van der Waals surface area contributed by atoms with E-state index in [-0.39, 0.29) is 33.3 Å². The van der Waals surface area contributed by atoms with Crippen LogP contribution in [0.4, 0.5) is 17.6 Å². The molecule has 3 aromatic rings. The molecular weight excluding hydrogens is 470 g/mol. The lowest BCUT2D eigenvalue weighted by atomic mass is 10.2. The highest BCUT2D eigenvalue weighted by molar-refractivity contribution is 7.99. The van der Waals surface area contributed by atoms with Crippen LogP contribution in [-0.2, 0) is 17.5 Å². The third kappa shape index (κ3) is 5.00. The zero-order chi connectivity index (χ0) is 22.9. The second-order valence-electron chi connectivity index (χ2n) is 7.29. The van der Waals surface area contributed by atoms with E-state index in [1.165, 1.54) is 6.07 Å². The van der Waals surface area contributed by atoms with Gasteiger partial charge < -0.3 is 4.90 Å². The van der Waals surface area contributed by atoms with E-state index in [0.29, 0.717) is 38.3 Å². The smallest absolute Gasteiger partial charge is 0.339 e. The topological polar surface area (TPSA) is 53.7 Å². The van der Waals surface area contributed by atoms with Gasteiger partial charge in [0, 0.05) is 44.5 Å². The van der Waals surface area contributed by atoms with Crippen LogP contribution in [0.15, 0.2) is 41.7 Å². The van der Waals surface area contributed by atoms with Crippen molar-refractivity contribution in [2.45, 2.75) is 17.9 Å². The number of fused-ring (bicyclic) bond motifs is 1. The predicted octanol–water partition coefficient (Wildman–Crippen LogP) is 3.98. The second kappa shape index (κ2) is 9.24. The van der Waals surface area contributed by atoms with Gasteiger partial charge in [-0.3, -0.25) is 14.1 Å². The fourth-order valence-corrected chi connectivity index (χ4v) is 4.49. The van der Waals surface area contributed by atoms with Crippen molar-refractivity contribution in [2.75, 3.05) is 31.9 Å². The largest absolute Gasteiger partial charge is 0.417 e. The predicted molar refractivity (Wildman–Crippen MR) is 112 cm³/mol. The standard InChI is InChI=1S/C20H18ClF4N5OS/c21-15-9-14(20(23,24)25)11-30-18(15)26-27-19(30)32-12-17(31)29-7-5-28(6-8-29)10-13-3-1-2-4-16(13)22/h1-4,9,11H,5-8,10,12H2. The Morgan fingerprint density at radius 2 is 1.84 bits per heavy atom. The van der Waals surface area contributed by atoms with Crippen molar-refractivity contribution >= 4 is 34.9 Å². The van der Waals surface area contributed by atoms with Crippen LogP contribution in [-0.4, -0.2) is 62.2 Å². The highest BCUT2D eigenvalue weighted by atomic mass is 35.5. The van der Waals surface area contributed by atoms with Crippen molar-refractivity contribution in [3.05, 3.63) is 58.5 Å². The maximum atomic E-state index is 13.8. The van der Waals surface area contributed by atoms with Crippen LogP contribution < -0.4 is 0 Å². The van der Waals surface area contributed by atoms with Crippen LogP contribution in [0, 0.1) is 5.82 Å². The number of thioether (sulfide) groups is 1. The minimum absolute atomic E-state index is 0.00196. The molecule has 1 aliphatic heterocycles. The molecular formula is C20H18ClF4N5OS. The van der Waals surface area contributed by atoms with Crippen LogP contribution in [0.2, 0.25) is 5.02 Å². The molecule has 0 radical (unpaired) electrons. The Kier molecular flexibility index (Phi) is 6.59. The Labute approximate surface area is 190 Å². The quantitative estimate of drug-likeness (QED) is 0.402. The van der Waals surface area contributed by atoms with Gasteiger partial charge in [0.1, 0.15) is 5.82 Å². The van der Waals surface area contributed by atoms with Gasteiger partial charge in [-0.15, -0.1) is 10.2 Å². The number of benzene rings is 1. The summed E-state index contributed by atoms with van der Waals surface area (Å²) in [6, 6.07) is 7.39. The molecule has 0 spiro atoms. The fraction of sp³-hybridized carbons (Fsp3) is 0.350. The zero-order valence-corrected chi connectivity index (χ0v) is 18.2. The third-order valence-electron chi connectivity index (χ3n) is 5.16. The summed E-state index contributed by atoms with van der Waals surface area (Å²) < 4.78 is 54.2. The molecule has 0 bridgehead atoms. The second-order valence-corrected chi connectivity index (χ2v) is 8.64. The summed E-state index contributed by atoms with van der Waals surface area (Å²) >= 11 is 6.91. The van der Waals surface area contributed by atoms with Crippen LogP contribution in [0.1, 0.15) is 11.1 Å². The normalized spacial score (nSPS) is 15.5. The van der Waals surface area contributed by atoms with E-state index < -0.39 is 11.7 Å². The number of carbonyl (C=O) groups excluding carboxylic acids is 1. The Morgan fingerprint density at radius 1 is 1.12 bits per heavy atom. The van der Waals surface area contributed by atoms with Crippen LogP contribution >= 0.6 is 23.4 Å². The van der Waals surface area contributed by atoms with Crippen LogP contribution in [0.25, 0.3) is 5.65 Å². The lowest BCUT2D eigenvalue weighted by Gasteiger charge is -2.34. The maximum Gasteiger partial charge on any atom is 0.417 e. The van der Waals surface area contributed by atoms with Gasteiger partial charge in [-0.05, 0) is 12.1 Å². The molecule has 0 saturated carbocycles. The van der Waals surface area contributed by atoms with E-state index in [2.05, 4.69) is 15.1 Å². The number of amides is 1. The molecule has 3 heterocycles. The molecule has 1 aromatic carbocycles. The number of aromatic nitrogens is 3. The van der Waals surface area contributed by atoms with E-state index in [4.69, 9.17) is 11.6 Å². The number of halogens is 5. The maximum absolute atomic E-state index is 13.8. The van der Waals surface area contributed by atoms with E-state index in [1.807, 2.05) is 0 Å². The summed E-state index contributed by atoms with van der Waals surface area (Å²) in [4.78, 5) is 16.4. The third-order valence-corrected chi connectivity index (χ3v) is 6.36. The molecule has 1 saturated heterocycles. The first-order valence-corrected chi connectivity index (χ1v) is 11.1. The van der Waals surface area contributed by atoms with Crippen molar-refractivity contribution in [3.8, 4) is 0 Å². The van der Waals surface area contributed by atoms with E-state index in [0.717, 1.165) is 28.4 Å². The minimum Gasteiger partial charge on any atom is -0.339 e.